The molecular formula is C26H23N3O3S. The molecule has 33 heavy (non-hydrogen) atoms. The summed E-state index contributed by atoms with van der Waals surface area (Å²) in [5, 5.41) is 2.88. The zero-order valence-corrected chi connectivity index (χ0v) is 19.0. The van der Waals surface area contributed by atoms with Gasteiger partial charge in [0.2, 0.25) is 16.7 Å². The molecule has 3 aromatic carbocycles. The van der Waals surface area contributed by atoms with Crippen molar-refractivity contribution in [2.24, 2.45) is 0 Å². The van der Waals surface area contributed by atoms with Crippen LogP contribution < -0.4 is 15.1 Å². The molecule has 7 heteroatoms. The number of benzene rings is 3. The van der Waals surface area contributed by atoms with Crippen LogP contribution in [-0.2, 0) is 25.7 Å². The summed E-state index contributed by atoms with van der Waals surface area (Å²) in [5.74, 6) is -0.504. The molecule has 5 rings (SSSR count). The second-order valence-corrected chi connectivity index (χ2v) is 9.17. The van der Waals surface area contributed by atoms with Crippen molar-refractivity contribution in [1.82, 2.24) is 0 Å². The van der Waals surface area contributed by atoms with Crippen LogP contribution in [-0.4, -0.2) is 30.0 Å². The number of anilines is 3. The zero-order valence-electron chi connectivity index (χ0n) is 18.2. The average Bonchev–Trinajstić information content (AvgIpc) is 3.31. The van der Waals surface area contributed by atoms with Crippen molar-refractivity contribution in [3.05, 3.63) is 90.0 Å². The number of nitrogens with one attached hydrogen (secondary N) is 1. The molecule has 1 spiro atoms. The standard InChI is InChI=1S/C26H23N3O3S/c1-2-18-12-14-19(15-13-18)27-23(30)16-28-22-11-7-6-10-21(22)26(25(28)32)29(24(31)17-33-26)20-8-4-3-5-9-20/h3-15H,2,16-17H2,1H3,(H,27,30)/t26-/m1/s1. The highest BCUT2D eigenvalue weighted by molar-refractivity contribution is 8.02. The first-order valence-electron chi connectivity index (χ1n) is 10.9. The lowest BCUT2D eigenvalue weighted by atomic mass is 10.0. The predicted octanol–water partition coefficient (Wildman–Crippen LogP) is 4.17. The van der Waals surface area contributed by atoms with Crippen LogP contribution in [0.3, 0.4) is 0 Å². The molecule has 0 aromatic heterocycles. The normalized spacial score (nSPS) is 19.3. The van der Waals surface area contributed by atoms with E-state index in [4.69, 9.17) is 0 Å². The Morgan fingerprint density at radius 3 is 2.39 bits per heavy atom. The number of carbonyl (C=O) groups is 3. The SMILES string of the molecule is CCc1ccc(NC(=O)CN2C(=O)[C@]3(SCC(=O)N3c3ccccc3)c3ccccc32)cc1. The summed E-state index contributed by atoms with van der Waals surface area (Å²) >= 11 is 1.31. The summed E-state index contributed by atoms with van der Waals surface area (Å²) in [6.45, 7) is 1.94. The van der Waals surface area contributed by atoms with E-state index in [1.807, 2.05) is 78.9 Å². The first-order chi connectivity index (χ1) is 16.0. The summed E-state index contributed by atoms with van der Waals surface area (Å²) in [6.07, 6.45) is 0.920. The van der Waals surface area contributed by atoms with E-state index in [-0.39, 0.29) is 30.0 Å². The van der Waals surface area contributed by atoms with Crippen LogP contribution in [0.15, 0.2) is 78.9 Å². The number of thioether (sulfide) groups is 1. The minimum absolute atomic E-state index is 0.128. The van der Waals surface area contributed by atoms with Gasteiger partial charge in [-0.2, -0.15) is 0 Å². The maximum absolute atomic E-state index is 13.9. The van der Waals surface area contributed by atoms with E-state index >= 15 is 0 Å². The minimum Gasteiger partial charge on any atom is -0.325 e. The van der Waals surface area contributed by atoms with Gasteiger partial charge >= 0.3 is 0 Å². The molecule has 0 radical (unpaired) electrons. The van der Waals surface area contributed by atoms with E-state index in [9.17, 15) is 14.4 Å². The lowest BCUT2D eigenvalue weighted by Gasteiger charge is -2.33. The second kappa shape index (κ2) is 8.41. The van der Waals surface area contributed by atoms with Crippen LogP contribution in [0.5, 0.6) is 0 Å². The third-order valence-corrected chi connectivity index (χ3v) is 7.41. The van der Waals surface area contributed by atoms with Gasteiger partial charge in [-0.15, -0.1) is 11.8 Å². The minimum atomic E-state index is -1.21. The number of nitrogens with zero attached hydrogens (tertiary/aromatic N) is 2. The van der Waals surface area contributed by atoms with Crippen LogP contribution in [0.2, 0.25) is 0 Å². The Morgan fingerprint density at radius 1 is 0.970 bits per heavy atom. The monoisotopic (exact) mass is 457 g/mol. The van der Waals surface area contributed by atoms with Gasteiger partial charge in [0.1, 0.15) is 6.54 Å². The summed E-state index contributed by atoms with van der Waals surface area (Å²) in [6, 6.07) is 24.3. The number of aryl methyl sites for hydroxylation is 1. The van der Waals surface area contributed by atoms with Crippen LogP contribution in [0.4, 0.5) is 17.1 Å². The number of fused-ring (bicyclic) bond motifs is 2. The highest BCUT2D eigenvalue weighted by atomic mass is 32.2. The molecule has 2 heterocycles. The van der Waals surface area contributed by atoms with Crippen molar-refractivity contribution >= 4 is 46.5 Å². The second-order valence-electron chi connectivity index (χ2n) is 8.00. The smallest absolute Gasteiger partial charge is 0.269 e. The molecule has 1 atom stereocenters. The molecule has 166 valence electrons. The first kappa shape index (κ1) is 21.3. The fraction of sp³-hybridized carbons (Fsp3) is 0.192. The fourth-order valence-electron chi connectivity index (χ4n) is 4.46. The Kier molecular flexibility index (Phi) is 5.42. The van der Waals surface area contributed by atoms with Gasteiger partial charge in [-0.1, -0.05) is 55.5 Å². The Hall–Kier alpha value is -3.58. The lowest BCUT2D eigenvalue weighted by Crippen LogP contribution is -2.50. The summed E-state index contributed by atoms with van der Waals surface area (Å²) in [7, 11) is 0. The maximum atomic E-state index is 13.9. The number of hydrogen-bond acceptors (Lipinski definition) is 4. The highest BCUT2D eigenvalue weighted by Crippen LogP contribution is 2.55. The van der Waals surface area contributed by atoms with Gasteiger partial charge in [-0.25, -0.2) is 0 Å². The molecule has 1 saturated heterocycles. The third kappa shape index (κ3) is 3.49. The molecule has 6 nitrogen and oxygen atoms in total. The summed E-state index contributed by atoms with van der Waals surface area (Å²) < 4.78 is 0. The maximum Gasteiger partial charge on any atom is 0.269 e. The number of rotatable bonds is 5. The van der Waals surface area contributed by atoms with Crippen molar-refractivity contribution in [3.8, 4) is 0 Å². The topological polar surface area (TPSA) is 69.7 Å². The Labute approximate surface area is 196 Å². The summed E-state index contributed by atoms with van der Waals surface area (Å²) in [4.78, 5) is 41.7. The van der Waals surface area contributed by atoms with Gasteiger partial charge in [-0.3, -0.25) is 24.2 Å². The molecule has 2 aliphatic rings. The fourth-order valence-corrected chi connectivity index (χ4v) is 5.82. The first-order valence-corrected chi connectivity index (χ1v) is 11.9. The van der Waals surface area contributed by atoms with Crippen molar-refractivity contribution in [2.75, 3.05) is 27.4 Å². The van der Waals surface area contributed by atoms with E-state index in [2.05, 4.69) is 12.2 Å². The Balaban J connectivity index is 1.47. The van der Waals surface area contributed by atoms with E-state index in [0.717, 1.165) is 12.0 Å². The van der Waals surface area contributed by atoms with Crippen LogP contribution in [0.25, 0.3) is 0 Å². The molecule has 3 aromatic rings. The lowest BCUT2D eigenvalue weighted by molar-refractivity contribution is -0.124. The summed E-state index contributed by atoms with van der Waals surface area (Å²) in [5.41, 5.74) is 3.92. The van der Waals surface area contributed by atoms with Crippen LogP contribution in [0, 0.1) is 0 Å². The van der Waals surface area contributed by atoms with E-state index in [0.29, 0.717) is 17.1 Å². The molecule has 0 aliphatic carbocycles. The third-order valence-electron chi connectivity index (χ3n) is 6.03. The molecule has 1 fully saturated rings. The Morgan fingerprint density at radius 2 is 1.67 bits per heavy atom. The molecule has 0 bridgehead atoms. The van der Waals surface area contributed by atoms with Gasteiger partial charge in [0.25, 0.3) is 5.91 Å². The number of para-hydroxylation sites is 2. The predicted molar refractivity (Wildman–Crippen MR) is 131 cm³/mol. The average molecular weight is 458 g/mol. The number of carbonyl (C=O) groups excluding carboxylic acids is 3. The zero-order chi connectivity index (χ0) is 23.0. The van der Waals surface area contributed by atoms with Crippen molar-refractivity contribution in [2.45, 2.75) is 18.2 Å². The molecule has 2 aliphatic heterocycles. The van der Waals surface area contributed by atoms with Crippen LogP contribution >= 0.6 is 11.8 Å². The largest absolute Gasteiger partial charge is 0.325 e. The molecular weight excluding hydrogens is 434 g/mol. The van der Waals surface area contributed by atoms with Crippen molar-refractivity contribution in [1.29, 1.82) is 0 Å². The van der Waals surface area contributed by atoms with E-state index < -0.39 is 4.87 Å². The number of hydrogen-bond donors (Lipinski definition) is 1. The van der Waals surface area contributed by atoms with Crippen LogP contribution in [0.1, 0.15) is 18.1 Å². The van der Waals surface area contributed by atoms with Crippen molar-refractivity contribution in [3.63, 3.8) is 0 Å². The van der Waals surface area contributed by atoms with Gasteiger partial charge in [0.05, 0.1) is 11.4 Å². The highest BCUT2D eigenvalue weighted by Gasteiger charge is 2.61. The molecule has 0 unspecified atom stereocenters. The van der Waals surface area contributed by atoms with Gasteiger partial charge in [0, 0.05) is 16.9 Å². The van der Waals surface area contributed by atoms with Gasteiger partial charge in [0.15, 0.2) is 0 Å². The Bertz CT molecular complexity index is 1230. The van der Waals surface area contributed by atoms with E-state index in [1.54, 1.807) is 4.90 Å². The quantitative estimate of drug-likeness (QED) is 0.625. The molecule has 1 N–H and O–H groups in total. The van der Waals surface area contributed by atoms with Gasteiger partial charge < -0.3 is 5.32 Å². The van der Waals surface area contributed by atoms with Crippen molar-refractivity contribution < 1.29 is 14.4 Å². The van der Waals surface area contributed by atoms with E-state index in [1.165, 1.54) is 22.2 Å². The number of amides is 3. The van der Waals surface area contributed by atoms with Gasteiger partial charge in [-0.05, 0) is 42.3 Å². The molecule has 3 amide bonds. The molecule has 0 saturated carbocycles.